The van der Waals surface area contributed by atoms with E-state index in [0.29, 0.717) is 29.1 Å². The van der Waals surface area contributed by atoms with E-state index in [4.69, 9.17) is 0 Å². The molecule has 2 aliphatic carbocycles. The molecule has 232 valence electrons. The zero-order valence-electron chi connectivity index (χ0n) is 25.5. The van der Waals surface area contributed by atoms with Gasteiger partial charge in [-0.3, -0.25) is 4.79 Å². The van der Waals surface area contributed by atoms with Crippen LogP contribution in [0.3, 0.4) is 0 Å². The smallest absolute Gasteiger partial charge is 0.303 e. The summed E-state index contributed by atoms with van der Waals surface area (Å²) in [7, 11) is -0.879. The quantitative estimate of drug-likeness (QED) is 0.429. The number of piperidine rings is 1. The van der Waals surface area contributed by atoms with Gasteiger partial charge in [-0.15, -0.1) is 0 Å². The lowest BCUT2D eigenvalue weighted by Gasteiger charge is -2.55. The largest absolute Gasteiger partial charge is 0.481 e. The molecule has 2 aromatic carbocycles. The molecule has 0 spiro atoms. The normalized spacial score (nSPS) is 29.4. The molecule has 7 rings (SSSR count). The molecule has 3 unspecified atom stereocenters. The maximum Gasteiger partial charge on any atom is 0.303 e. The molecule has 2 saturated heterocycles. The van der Waals surface area contributed by atoms with Crippen LogP contribution in [0.4, 0.5) is 5.69 Å². The number of carbonyl (C=O) groups is 1. The van der Waals surface area contributed by atoms with Crippen molar-refractivity contribution in [1.29, 1.82) is 0 Å². The number of anilines is 1. The van der Waals surface area contributed by atoms with Crippen molar-refractivity contribution < 1.29 is 18.3 Å². The van der Waals surface area contributed by atoms with Crippen molar-refractivity contribution in [1.82, 2.24) is 9.80 Å². The van der Waals surface area contributed by atoms with Gasteiger partial charge in [0.15, 0.2) is 9.84 Å². The van der Waals surface area contributed by atoms with Crippen LogP contribution in [-0.4, -0.2) is 80.9 Å². The van der Waals surface area contributed by atoms with E-state index in [9.17, 15) is 18.3 Å². The molecular weight excluding hydrogens is 558 g/mol. The van der Waals surface area contributed by atoms with E-state index in [2.05, 4.69) is 46.0 Å². The lowest BCUT2D eigenvalue weighted by molar-refractivity contribution is -0.138. The van der Waals surface area contributed by atoms with Crippen LogP contribution in [0, 0.1) is 23.7 Å². The van der Waals surface area contributed by atoms with Gasteiger partial charge in [-0.05, 0) is 112 Å². The fourth-order valence-corrected chi connectivity index (χ4v) is 11.1. The summed E-state index contributed by atoms with van der Waals surface area (Å²) in [5.74, 6) is 1.24. The molecule has 43 heavy (non-hydrogen) atoms. The van der Waals surface area contributed by atoms with Crippen LogP contribution in [0.15, 0.2) is 53.4 Å². The molecule has 0 aromatic heterocycles. The highest BCUT2D eigenvalue weighted by atomic mass is 32.2. The van der Waals surface area contributed by atoms with E-state index in [-0.39, 0.29) is 16.6 Å². The number of carboxylic acid groups (broad SMARTS) is 1. The van der Waals surface area contributed by atoms with Crippen LogP contribution in [0.5, 0.6) is 0 Å². The Morgan fingerprint density at radius 3 is 2.37 bits per heavy atom. The zero-order valence-corrected chi connectivity index (χ0v) is 26.4. The third kappa shape index (κ3) is 5.53. The molecule has 2 aromatic rings. The lowest BCUT2D eigenvalue weighted by Crippen LogP contribution is -2.57. The van der Waals surface area contributed by atoms with E-state index in [1.165, 1.54) is 24.0 Å². The molecule has 3 heterocycles. The number of benzene rings is 2. The van der Waals surface area contributed by atoms with Crippen molar-refractivity contribution in [3.05, 3.63) is 59.7 Å². The summed E-state index contributed by atoms with van der Waals surface area (Å²) < 4.78 is 25.1. The molecule has 2 saturated carbocycles. The Hall–Kier alpha value is -2.42. The van der Waals surface area contributed by atoms with Crippen molar-refractivity contribution in [2.75, 3.05) is 51.2 Å². The first-order valence-electron chi connectivity index (χ1n) is 16.5. The number of rotatable bonds is 9. The van der Waals surface area contributed by atoms with Crippen LogP contribution in [0.1, 0.15) is 62.5 Å². The predicted molar refractivity (Wildman–Crippen MR) is 169 cm³/mol. The third-order valence-electron chi connectivity index (χ3n) is 11.5. The minimum atomic E-state index is -3.13. The molecule has 7 nitrogen and oxygen atoms in total. The van der Waals surface area contributed by atoms with Gasteiger partial charge in [-0.1, -0.05) is 30.7 Å². The molecule has 4 fully saturated rings. The van der Waals surface area contributed by atoms with Gasteiger partial charge in [-0.2, -0.15) is 0 Å². The Bertz CT molecular complexity index is 1430. The van der Waals surface area contributed by atoms with Crippen LogP contribution < -0.4 is 4.90 Å². The number of hydrogen-bond acceptors (Lipinski definition) is 6. The van der Waals surface area contributed by atoms with Crippen LogP contribution in [0.2, 0.25) is 0 Å². The van der Waals surface area contributed by atoms with E-state index in [0.717, 1.165) is 83.6 Å². The molecule has 0 radical (unpaired) electrons. The zero-order chi connectivity index (χ0) is 29.8. The Labute approximate surface area is 257 Å². The van der Waals surface area contributed by atoms with Gasteiger partial charge in [0.05, 0.1) is 10.1 Å². The SMILES string of the molecule is CN1Cc2ccccc2C(C2CCN(CC3CN(c4ccc(S(=O)(=O)C5CC5)cc4)C3)CC2)(C2CCCC2CC(=O)O)C1. The average molecular weight is 606 g/mol. The Morgan fingerprint density at radius 1 is 0.953 bits per heavy atom. The Kier molecular flexibility index (Phi) is 7.83. The molecule has 3 aliphatic heterocycles. The molecule has 8 heteroatoms. The monoisotopic (exact) mass is 605 g/mol. The maximum absolute atomic E-state index is 12.5. The first-order valence-corrected chi connectivity index (χ1v) is 18.1. The summed E-state index contributed by atoms with van der Waals surface area (Å²) in [6, 6.07) is 16.6. The van der Waals surface area contributed by atoms with Gasteiger partial charge in [-0.25, -0.2) is 8.42 Å². The number of aliphatic carboxylic acids is 1. The molecule has 0 bridgehead atoms. The number of likely N-dealkylation sites (N-methyl/N-ethyl adjacent to an activating group) is 1. The number of nitrogens with zero attached hydrogens (tertiary/aromatic N) is 3. The Balaban J connectivity index is 1.01. The van der Waals surface area contributed by atoms with Gasteiger partial charge >= 0.3 is 5.97 Å². The highest BCUT2D eigenvalue weighted by Gasteiger charge is 2.54. The number of fused-ring (bicyclic) bond motifs is 1. The van der Waals surface area contributed by atoms with Crippen molar-refractivity contribution in [3.8, 4) is 0 Å². The average Bonchev–Trinajstić information content (AvgIpc) is 3.75. The van der Waals surface area contributed by atoms with Gasteiger partial charge in [0, 0.05) is 56.2 Å². The van der Waals surface area contributed by atoms with Crippen LogP contribution >= 0.6 is 0 Å². The first-order chi connectivity index (χ1) is 20.7. The summed E-state index contributed by atoms with van der Waals surface area (Å²) in [5.41, 5.74) is 4.10. The maximum atomic E-state index is 12.5. The predicted octanol–water partition coefficient (Wildman–Crippen LogP) is 5.05. The standard InChI is InChI=1S/C35H47N3O4S/c1-36-23-27-5-2-3-7-33(27)35(24-36,32-8-4-6-26(32)19-34(39)40)28-15-17-37(18-16-28)20-25-21-38(22-25)29-9-11-30(12-10-29)43(41,42)31-13-14-31/h2-3,5,7,9-12,25-26,28,31-32H,4,6,8,13-24H2,1H3,(H,39,40). The first kappa shape index (κ1) is 29.3. The van der Waals surface area contributed by atoms with Crippen molar-refractivity contribution in [2.24, 2.45) is 23.7 Å². The van der Waals surface area contributed by atoms with E-state index in [1.54, 1.807) is 12.1 Å². The third-order valence-corrected chi connectivity index (χ3v) is 13.8. The molecule has 1 N–H and O–H groups in total. The minimum absolute atomic E-state index is 0.0265. The highest BCUT2D eigenvalue weighted by molar-refractivity contribution is 7.92. The fraction of sp³-hybridized carbons (Fsp3) is 0.629. The second kappa shape index (κ2) is 11.5. The number of carboxylic acids is 1. The fourth-order valence-electron chi connectivity index (χ4n) is 9.45. The second-order valence-electron chi connectivity index (χ2n) is 14.3. The topological polar surface area (TPSA) is 81.2 Å². The minimum Gasteiger partial charge on any atom is -0.481 e. The molecule has 0 amide bonds. The highest BCUT2D eigenvalue weighted by Crippen LogP contribution is 2.55. The van der Waals surface area contributed by atoms with Gasteiger partial charge in [0.2, 0.25) is 0 Å². The van der Waals surface area contributed by atoms with Crippen LogP contribution in [-0.2, 0) is 26.6 Å². The van der Waals surface area contributed by atoms with Crippen molar-refractivity contribution >= 4 is 21.5 Å². The van der Waals surface area contributed by atoms with Crippen LogP contribution in [0.25, 0.3) is 0 Å². The molecule has 5 aliphatic rings. The summed E-state index contributed by atoms with van der Waals surface area (Å²) >= 11 is 0. The Morgan fingerprint density at radius 2 is 1.67 bits per heavy atom. The lowest BCUT2D eigenvalue weighted by atomic mass is 9.55. The summed E-state index contributed by atoms with van der Waals surface area (Å²) in [6.45, 7) is 7.40. The van der Waals surface area contributed by atoms with Gasteiger partial charge < -0.3 is 19.8 Å². The number of likely N-dealkylation sites (tertiary alicyclic amines) is 1. The number of sulfone groups is 1. The van der Waals surface area contributed by atoms with Gasteiger partial charge in [0.1, 0.15) is 0 Å². The summed E-state index contributed by atoms with van der Waals surface area (Å²) in [4.78, 5) is 19.9. The second-order valence-corrected chi connectivity index (χ2v) is 16.6. The van der Waals surface area contributed by atoms with E-state index < -0.39 is 15.8 Å². The number of hydrogen-bond donors (Lipinski definition) is 1. The van der Waals surface area contributed by atoms with E-state index in [1.807, 2.05) is 12.1 Å². The van der Waals surface area contributed by atoms with Crippen molar-refractivity contribution in [3.63, 3.8) is 0 Å². The summed E-state index contributed by atoms with van der Waals surface area (Å²) in [6.07, 6.45) is 7.57. The van der Waals surface area contributed by atoms with Gasteiger partial charge in [0.25, 0.3) is 0 Å². The molecule has 3 atom stereocenters. The summed E-state index contributed by atoms with van der Waals surface area (Å²) in [5, 5.41) is 9.63. The molecular formula is C35H47N3O4S. The van der Waals surface area contributed by atoms with Crippen molar-refractivity contribution in [2.45, 2.75) is 73.5 Å². The van der Waals surface area contributed by atoms with E-state index >= 15 is 0 Å².